The van der Waals surface area contributed by atoms with Crippen molar-refractivity contribution in [2.75, 3.05) is 12.4 Å². The average molecular weight is 224 g/mol. The second-order valence-electron chi connectivity index (χ2n) is 2.92. The van der Waals surface area contributed by atoms with Crippen LogP contribution in [0.4, 0.5) is 9.80 Å². The van der Waals surface area contributed by atoms with Crippen molar-refractivity contribution in [2.24, 2.45) is 0 Å². The molecule has 1 amide bonds. The summed E-state index contributed by atoms with van der Waals surface area (Å²) < 4.78 is 4.48. The quantitative estimate of drug-likeness (QED) is 0.840. The van der Waals surface area contributed by atoms with E-state index in [0.717, 1.165) is 16.9 Å². The third kappa shape index (κ3) is 2.28. The third-order valence-electron chi connectivity index (χ3n) is 2.08. The highest BCUT2D eigenvalue weighted by molar-refractivity contribution is 7.16. The van der Waals surface area contributed by atoms with E-state index in [1.165, 1.54) is 18.4 Å². The van der Waals surface area contributed by atoms with E-state index in [1.54, 1.807) is 0 Å². The van der Waals surface area contributed by atoms with E-state index in [2.05, 4.69) is 16.1 Å². The average Bonchev–Trinajstić information content (AvgIpc) is 2.53. The van der Waals surface area contributed by atoms with Gasteiger partial charge in [-0.15, -0.1) is 11.3 Å². The Kier molecular flexibility index (Phi) is 3.69. The molecule has 0 spiro atoms. The molecule has 0 radical (unpaired) electrons. The zero-order valence-electron chi connectivity index (χ0n) is 8.88. The van der Waals surface area contributed by atoms with Crippen LogP contribution in [0.15, 0.2) is 0 Å². The number of hydrogen-bond acceptors (Lipinski definition) is 4. The van der Waals surface area contributed by atoms with Crippen LogP contribution in [-0.2, 0) is 11.2 Å². The molecule has 1 rings (SSSR count). The molecule has 0 aliphatic carbocycles. The summed E-state index contributed by atoms with van der Waals surface area (Å²) >= 11 is 1.40. The first-order valence-electron chi connectivity index (χ1n) is 4.51. The van der Waals surface area contributed by atoms with Crippen LogP contribution >= 0.6 is 11.3 Å². The Balaban J connectivity index is 3.09. The Morgan fingerprint density at radius 2 is 2.33 bits per heavy atom. The minimum atomic E-state index is -0.546. The van der Waals surface area contributed by atoms with E-state index in [-0.39, 0.29) is 0 Å². The number of anilines is 1. The first-order valence-corrected chi connectivity index (χ1v) is 5.33. The van der Waals surface area contributed by atoms with Crippen LogP contribution in [0.3, 0.4) is 0 Å². The fraction of sp³-hybridized carbons (Fsp3) is 0.400. The number of nitrogens with one attached hydrogen (secondary N) is 1. The number of rotatable bonds is 2. The van der Waals surface area contributed by atoms with Crippen molar-refractivity contribution in [3.8, 4) is 6.07 Å². The van der Waals surface area contributed by atoms with Crippen LogP contribution in [0.1, 0.15) is 22.9 Å². The number of aryl methyl sites for hydroxylation is 1. The number of nitrogens with zero attached hydrogens (tertiary/aromatic N) is 1. The van der Waals surface area contributed by atoms with E-state index < -0.39 is 6.09 Å². The van der Waals surface area contributed by atoms with E-state index in [9.17, 15) is 4.79 Å². The van der Waals surface area contributed by atoms with Crippen molar-refractivity contribution in [3.05, 3.63) is 16.0 Å². The second kappa shape index (κ2) is 4.80. The number of thiophene rings is 1. The summed E-state index contributed by atoms with van der Waals surface area (Å²) in [4.78, 5) is 12.1. The first-order chi connectivity index (χ1) is 7.13. The van der Waals surface area contributed by atoms with Gasteiger partial charge in [0.1, 0.15) is 11.1 Å². The predicted molar refractivity (Wildman–Crippen MR) is 59.2 cm³/mol. The molecule has 0 bridgehead atoms. The molecule has 4 nitrogen and oxygen atoms in total. The molecule has 0 atom stereocenters. The van der Waals surface area contributed by atoms with Crippen molar-refractivity contribution in [3.63, 3.8) is 0 Å². The van der Waals surface area contributed by atoms with Gasteiger partial charge in [0.15, 0.2) is 0 Å². The van der Waals surface area contributed by atoms with Gasteiger partial charge in [-0.2, -0.15) is 5.26 Å². The lowest BCUT2D eigenvalue weighted by atomic mass is 10.1. The summed E-state index contributed by atoms with van der Waals surface area (Å²) in [7, 11) is 1.29. The molecular weight excluding hydrogens is 212 g/mol. The molecule has 1 N–H and O–H groups in total. The zero-order valence-corrected chi connectivity index (χ0v) is 9.70. The van der Waals surface area contributed by atoms with Crippen LogP contribution in [0.5, 0.6) is 0 Å². The summed E-state index contributed by atoms with van der Waals surface area (Å²) in [5, 5.41) is 12.1. The number of amides is 1. The molecule has 0 saturated carbocycles. The summed E-state index contributed by atoms with van der Waals surface area (Å²) in [6, 6.07) is 2.11. The minimum absolute atomic E-state index is 0.546. The summed E-state index contributed by atoms with van der Waals surface area (Å²) in [5.74, 6) is 0. The molecule has 0 aliphatic heterocycles. The van der Waals surface area contributed by atoms with Gasteiger partial charge in [-0.1, -0.05) is 6.92 Å². The van der Waals surface area contributed by atoms with Gasteiger partial charge in [0.05, 0.1) is 12.7 Å². The van der Waals surface area contributed by atoms with Gasteiger partial charge >= 0.3 is 6.09 Å². The fourth-order valence-electron chi connectivity index (χ4n) is 1.35. The van der Waals surface area contributed by atoms with Crippen LogP contribution in [0.2, 0.25) is 0 Å². The van der Waals surface area contributed by atoms with Gasteiger partial charge in [0.2, 0.25) is 0 Å². The van der Waals surface area contributed by atoms with Gasteiger partial charge in [0, 0.05) is 4.88 Å². The normalized spacial score (nSPS) is 9.47. The molecule has 1 heterocycles. The topological polar surface area (TPSA) is 62.1 Å². The first kappa shape index (κ1) is 11.5. The number of nitriles is 1. The largest absolute Gasteiger partial charge is 0.453 e. The Morgan fingerprint density at radius 3 is 2.80 bits per heavy atom. The van der Waals surface area contributed by atoms with Gasteiger partial charge in [-0.05, 0) is 18.9 Å². The molecule has 1 aromatic heterocycles. The monoisotopic (exact) mass is 224 g/mol. The van der Waals surface area contributed by atoms with Crippen LogP contribution in [-0.4, -0.2) is 13.2 Å². The lowest BCUT2D eigenvalue weighted by Crippen LogP contribution is -2.10. The van der Waals surface area contributed by atoms with E-state index in [0.29, 0.717) is 10.6 Å². The molecule has 1 aromatic rings. The number of methoxy groups -OCH3 is 1. The minimum Gasteiger partial charge on any atom is -0.453 e. The fourth-order valence-corrected chi connectivity index (χ4v) is 2.44. The molecule has 0 aromatic carbocycles. The number of hydrogen-bond donors (Lipinski definition) is 1. The third-order valence-corrected chi connectivity index (χ3v) is 3.14. The van der Waals surface area contributed by atoms with Crippen molar-refractivity contribution in [1.82, 2.24) is 0 Å². The number of ether oxygens (including phenoxy) is 1. The van der Waals surface area contributed by atoms with Crippen LogP contribution < -0.4 is 5.32 Å². The molecule has 15 heavy (non-hydrogen) atoms. The molecule has 0 fully saturated rings. The SMILES string of the molecule is CCc1c(C)sc(NC(=O)OC)c1C#N. The Bertz CT molecular complexity index is 418. The Hall–Kier alpha value is -1.54. The second-order valence-corrected chi connectivity index (χ2v) is 4.15. The van der Waals surface area contributed by atoms with E-state index >= 15 is 0 Å². The van der Waals surface area contributed by atoms with Gasteiger partial charge < -0.3 is 4.74 Å². The van der Waals surface area contributed by atoms with Gasteiger partial charge in [0.25, 0.3) is 0 Å². The van der Waals surface area contributed by atoms with E-state index in [4.69, 9.17) is 5.26 Å². The van der Waals surface area contributed by atoms with Crippen LogP contribution in [0, 0.1) is 18.3 Å². The van der Waals surface area contributed by atoms with Crippen molar-refractivity contribution < 1.29 is 9.53 Å². The van der Waals surface area contributed by atoms with Crippen LogP contribution in [0.25, 0.3) is 0 Å². The Labute approximate surface area is 92.5 Å². The van der Waals surface area contributed by atoms with Crippen molar-refractivity contribution >= 4 is 22.4 Å². The maximum absolute atomic E-state index is 11.0. The number of carbonyl (C=O) groups excluding carboxylic acids is 1. The maximum atomic E-state index is 11.0. The smallest absolute Gasteiger partial charge is 0.411 e. The highest BCUT2D eigenvalue weighted by Crippen LogP contribution is 2.32. The lowest BCUT2D eigenvalue weighted by molar-refractivity contribution is 0.187. The summed E-state index contributed by atoms with van der Waals surface area (Å²) in [6.45, 7) is 3.92. The Morgan fingerprint density at radius 1 is 1.67 bits per heavy atom. The molecule has 0 aliphatic rings. The molecular formula is C10H12N2O2S. The predicted octanol–water partition coefficient (Wildman–Crippen LogP) is 2.67. The standard InChI is InChI=1S/C10H12N2O2S/c1-4-7-6(2)15-9(8(7)5-11)12-10(13)14-3/h4H2,1-3H3,(H,12,13). The zero-order chi connectivity index (χ0) is 11.4. The van der Waals surface area contributed by atoms with Crippen molar-refractivity contribution in [2.45, 2.75) is 20.3 Å². The van der Waals surface area contributed by atoms with Gasteiger partial charge in [-0.3, -0.25) is 5.32 Å². The van der Waals surface area contributed by atoms with Gasteiger partial charge in [-0.25, -0.2) is 4.79 Å². The highest BCUT2D eigenvalue weighted by atomic mass is 32.1. The highest BCUT2D eigenvalue weighted by Gasteiger charge is 2.15. The lowest BCUT2D eigenvalue weighted by Gasteiger charge is -2.00. The maximum Gasteiger partial charge on any atom is 0.411 e. The molecule has 80 valence electrons. The number of carbonyl (C=O) groups is 1. The molecule has 0 unspecified atom stereocenters. The summed E-state index contributed by atoms with van der Waals surface area (Å²) in [5.41, 5.74) is 1.54. The molecule has 0 saturated heterocycles. The summed E-state index contributed by atoms with van der Waals surface area (Å²) in [6.07, 6.45) is 0.240. The van der Waals surface area contributed by atoms with Crippen molar-refractivity contribution in [1.29, 1.82) is 5.26 Å². The van der Waals surface area contributed by atoms with E-state index in [1.807, 2.05) is 13.8 Å². The molecule has 5 heteroatoms.